The topological polar surface area (TPSA) is 90.9 Å². The Hall–Kier alpha value is -1.19. The number of halogens is 1. The molecule has 0 aromatic carbocycles. The predicted molar refractivity (Wildman–Crippen MR) is 102 cm³/mol. The summed E-state index contributed by atoms with van der Waals surface area (Å²) in [6, 6.07) is 1.95. The van der Waals surface area contributed by atoms with Crippen molar-refractivity contribution in [3.8, 4) is 0 Å². The number of likely N-dealkylation sites (tertiary alicyclic amines) is 1. The molecule has 2 amide bonds. The van der Waals surface area contributed by atoms with Crippen LogP contribution < -0.4 is 10.6 Å². The molecular weight excluding hydrogens is 378 g/mol. The van der Waals surface area contributed by atoms with E-state index in [0.29, 0.717) is 31.1 Å². The number of fused-ring (bicyclic) bond motifs is 2. The van der Waals surface area contributed by atoms with E-state index in [1.54, 1.807) is 7.05 Å². The predicted octanol–water partition coefficient (Wildman–Crippen LogP) is 0.502. The smallest absolute Gasteiger partial charge is 0.261 e. The normalized spacial score (nSPS) is 18.2. The third-order valence-corrected chi connectivity index (χ3v) is 6.21. The number of nitrogens with zero attached hydrogens (tertiary/aromatic N) is 1. The second-order valence-electron chi connectivity index (χ2n) is 6.45. The second kappa shape index (κ2) is 9.14. The van der Waals surface area contributed by atoms with Gasteiger partial charge in [-0.15, -0.1) is 23.7 Å². The number of aliphatic hydroxyl groups excluding tert-OH is 1. The highest BCUT2D eigenvalue weighted by Crippen LogP contribution is 2.45. The van der Waals surface area contributed by atoms with Crippen molar-refractivity contribution < 1.29 is 19.4 Å². The van der Waals surface area contributed by atoms with E-state index < -0.39 is 0 Å². The van der Waals surface area contributed by atoms with Gasteiger partial charge in [0.2, 0.25) is 5.91 Å². The average Bonchev–Trinajstić information content (AvgIpc) is 3.06. The molecule has 3 rings (SSSR count). The summed E-state index contributed by atoms with van der Waals surface area (Å²) in [7, 11) is 1.77. The highest BCUT2D eigenvalue weighted by atomic mass is 35.5. The van der Waals surface area contributed by atoms with Crippen LogP contribution >= 0.6 is 23.7 Å². The maximum Gasteiger partial charge on any atom is 0.261 e. The average molecular weight is 404 g/mol. The van der Waals surface area contributed by atoms with Gasteiger partial charge in [-0.3, -0.25) is 9.59 Å². The van der Waals surface area contributed by atoms with E-state index in [0.717, 1.165) is 24.1 Å². The first-order valence-electron chi connectivity index (χ1n) is 8.68. The van der Waals surface area contributed by atoms with Crippen LogP contribution in [0.25, 0.3) is 0 Å². The Kier molecular flexibility index (Phi) is 7.42. The second-order valence-corrected chi connectivity index (χ2v) is 7.50. The zero-order valence-electron chi connectivity index (χ0n) is 14.9. The molecule has 1 aromatic rings. The van der Waals surface area contributed by atoms with Gasteiger partial charge in [-0.25, -0.2) is 0 Å². The van der Waals surface area contributed by atoms with E-state index in [2.05, 4.69) is 10.6 Å². The number of ether oxygens (including phenoxy) is 1. The molecule has 0 bridgehead atoms. The molecule has 26 heavy (non-hydrogen) atoms. The van der Waals surface area contributed by atoms with E-state index >= 15 is 0 Å². The zero-order chi connectivity index (χ0) is 17.9. The van der Waals surface area contributed by atoms with Crippen molar-refractivity contribution in [2.45, 2.75) is 24.9 Å². The van der Waals surface area contributed by atoms with Gasteiger partial charge in [0.05, 0.1) is 24.6 Å². The van der Waals surface area contributed by atoms with Crippen LogP contribution in [0.15, 0.2) is 6.07 Å². The first kappa shape index (κ1) is 21.1. The number of hydrogen-bond donors (Lipinski definition) is 3. The highest BCUT2D eigenvalue weighted by Gasteiger charge is 2.43. The van der Waals surface area contributed by atoms with Crippen molar-refractivity contribution in [2.75, 3.05) is 46.4 Å². The van der Waals surface area contributed by atoms with Crippen LogP contribution in [0, 0.1) is 0 Å². The lowest BCUT2D eigenvalue weighted by Gasteiger charge is -2.43. The Balaban J connectivity index is 0.00000243. The van der Waals surface area contributed by atoms with Crippen LogP contribution in [0.2, 0.25) is 0 Å². The van der Waals surface area contributed by atoms with Gasteiger partial charge >= 0.3 is 0 Å². The Morgan fingerprint density at radius 1 is 1.38 bits per heavy atom. The lowest BCUT2D eigenvalue weighted by Crippen LogP contribution is -2.49. The van der Waals surface area contributed by atoms with Gasteiger partial charge in [0.1, 0.15) is 5.60 Å². The van der Waals surface area contributed by atoms with Crippen molar-refractivity contribution in [2.24, 2.45) is 0 Å². The fourth-order valence-electron chi connectivity index (χ4n) is 3.54. The minimum Gasteiger partial charge on any atom is -0.395 e. The quantitative estimate of drug-likeness (QED) is 0.666. The molecule has 2 aliphatic rings. The molecule has 0 aliphatic carbocycles. The number of piperidine rings is 1. The summed E-state index contributed by atoms with van der Waals surface area (Å²) in [4.78, 5) is 27.9. The molecule has 2 aliphatic heterocycles. The lowest BCUT2D eigenvalue weighted by molar-refractivity contribution is -0.139. The van der Waals surface area contributed by atoms with Crippen LogP contribution in [0.3, 0.4) is 0 Å². The molecule has 0 radical (unpaired) electrons. The van der Waals surface area contributed by atoms with Crippen LogP contribution in [0.4, 0.5) is 0 Å². The number of amides is 2. The Labute approximate surface area is 163 Å². The maximum atomic E-state index is 12.2. The summed E-state index contributed by atoms with van der Waals surface area (Å²) in [6.45, 7) is 2.53. The van der Waals surface area contributed by atoms with Gasteiger partial charge < -0.3 is 25.4 Å². The number of nitrogens with one attached hydrogen (secondary N) is 2. The van der Waals surface area contributed by atoms with E-state index in [1.165, 1.54) is 16.9 Å². The summed E-state index contributed by atoms with van der Waals surface area (Å²) < 4.78 is 6.18. The zero-order valence-corrected chi connectivity index (χ0v) is 16.5. The fraction of sp³-hybridized carbons (Fsp3) is 0.647. The minimum absolute atomic E-state index is 0. The summed E-state index contributed by atoms with van der Waals surface area (Å²) in [5.41, 5.74) is 0.810. The van der Waals surface area contributed by atoms with Crippen LogP contribution in [0.5, 0.6) is 0 Å². The van der Waals surface area contributed by atoms with E-state index in [9.17, 15) is 9.59 Å². The summed E-state index contributed by atoms with van der Waals surface area (Å²) in [6.07, 6.45) is 2.32. The standard InChI is InChI=1S/C17H25N3O4S.ClH/c1-18-11-14(22)20-6-3-17(4-7-20)15-12(2-9-24-17)10-13(25-15)16(23)19-5-8-21;/h10,18,21H,2-9,11H2,1H3,(H,19,23);1H. The molecule has 0 atom stereocenters. The van der Waals surface area contributed by atoms with Gasteiger partial charge in [-0.2, -0.15) is 0 Å². The SMILES string of the molecule is CNCC(=O)N1CCC2(CC1)OCCc1cc(C(=O)NCCO)sc12.Cl. The van der Waals surface area contributed by atoms with Gasteiger partial charge in [-0.1, -0.05) is 0 Å². The van der Waals surface area contributed by atoms with Gasteiger partial charge in [0.15, 0.2) is 0 Å². The Morgan fingerprint density at radius 2 is 2.12 bits per heavy atom. The molecule has 3 heterocycles. The summed E-state index contributed by atoms with van der Waals surface area (Å²) >= 11 is 1.48. The number of carbonyl (C=O) groups is 2. The first-order chi connectivity index (χ1) is 12.1. The van der Waals surface area contributed by atoms with Crippen molar-refractivity contribution in [3.63, 3.8) is 0 Å². The van der Waals surface area contributed by atoms with E-state index in [-0.39, 0.29) is 43.0 Å². The summed E-state index contributed by atoms with van der Waals surface area (Å²) in [5, 5.41) is 14.5. The molecule has 146 valence electrons. The molecule has 0 unspecified atom stereocenters. The van der Waals surface area contributed by atoms with E-state index in [4.69, 9.17) is 9.84 Å². The molecule has 3 N–H and O–H groups in total. The molecule has 1 saturated heterocycles. The number of hydrogen-bond acceptors (Lipinski definition) is 6. The third kappa shape index (κ3) is 4.20. The molecular formula is C17H26ClN3O4S. The largest absolute Gasteiger partial charge is 0.395 e. The van der Waals surface area contributed by atoms with Crippen LogP contribution in [-0.2, 0) is 21.6 Å². The molecule has 1 aromatic heterocycles. The van der Waals surface area contributed by atoms with Crippen molar-refractivity contribution in [1.82, 2.24) is 15.5 Å². The molecule has 1 fully saturated rings. The van der Waals surface area contributed by atoms with Gasteiger partial charge in [0, 0.05) is 24.5 Å². The lowest BCUT2D eigenvalue weighted by atomic mass is 9.85. The Bertz CT molecular complexity index is 644. The monoisotopic (exact) mass is 403 g/mol. The highest BCUT2D eigenvalue weighted by molar-refractivity contribution is 7.14. The minimum atomic E-state index is -0.371. The van der Waals surface area contributed by atoms with Crippen molar-refractivity contribution in [3.05, 3.63) is 21.4 Å². The van der Waals surface area contributed by atoms with Crippen LogP contribution in [-0.4, -0.2) is 68.3 Å². The number of thiophene rings is 1. The van der Waals surface area contributed by atoms with Crippen LogP contribution in [0.1, 0.15) is 33.0 Å². The first-order valence-corrected chi connectivity index (χ1v) is 9.50. The third-order valence-electron chi connectivity index (χ3n) is 4.85. The van der Waals surface area contributed by atoms with Crippen molar-refractivity contribution in [1.29, 1.82) is 0 Å². The number of carbonyl (C=O) groups excluding carboxylic acids is 2. The summed E-state index contributed by atoms with van der Waals surface area (Å²) in [5.74, 6) is -0.0335. The maximum absolute atomic E-state index is 12.2. The molecule has 0 saturated carbocycles. The molecule has 9 heteroatoms. The molecule has 7 nitrogen and oxygen atoms in total. The fourth-order valence-corrected chi connectivity index (χ4v) is 4.87. The number of rotatable bonds is 5. The Morgan fingerprint density at radius 3 is 2.77 bits per heavy atom. The van der Waals surface area contributed by atoms with Crippen molar-refractivity contribution >= 4 is 35.6 Å². The number of aliphatic hydroxyl groups is 1. The van der Waals surface area contributed by atoms with E-state index in [1.807, 2.05) is 11.0 Å². The molecule has 1 spiro atoms. The van der Waals surface area contributed by atoms with Gasteiger partial charge in [-0.05, 0) is 37.9 Å². The van der Waals surface area contributed by atoms with Gasteiger partial charge in [0.25, 0.3) is 5.91 Å². The number of likely N-dealkylation sites (N-methyl/N-ethyl adjacent to an activating group) is 1.